The lowest BCUT2D eigenvalue weighted by Crippen LogP contribution is -2.15. The maximum Gasteiger partial charge on any atom is 0.338 e. The van der Waals surface area contributed by atoms with Crippen molar-refractivity contribution in [2.45, 2.75) is 6.92 Å². The number of benzene rings is 1. The van der Waals surface area contributed by atoms with E-state index in [1.54, 1.807) is 19.1 Å². The number of anilines is 1. The summed E-state index contributed by atoms with van der Waals surface area (Å²) in [5.74, 6) is -0.773. The van der Waals surface area contributed by atoms with Crippen molar-refractivity contribution in [2.24, 2.45) is 0 Å². The highest BCUT2D eigenvalue weighted by molar-refractivity contribution is 9.10. The zero-order valence-corrected chi connectivity index (χ0v) is 12.5. The molecule has 1 rings (SSSR count). The summed E-state index contributed by atoms with van der Waals surface area (Å²) < 4.78 is 27.4. The summed E-state index contributed by atoms with van der Waals surface area (Å²) in [5, 5.41) is 0. The zero-order chi connectivity index (χ0) is 13.9. The second-order valence-electron chi connectivity index (χ2n) is 3.93. The lowest BCUT2D eigenvalue weighted by molar-refractivity contribution is 0.0528. The number of sulfone groups is 1. The fraction of sp³-hybridized carbons (Fsp3) is 0.364. The van der Waals surface area contributed by atoms with Gasteiger partial charge in [0.1, 0.15) is 6.61 Å². The van der Waals surface area contributed by atoms with E-state index in [2.05, 4.69) is 15.9 Å². The summed E-state index contributed by atoms with van der Waals surface area (Å²) in [6, 6.07) is 3.27. The van der Waals surface area contributed by atoms with Gasteiger partial charge < -0.3 is 10.5 Å². The van der Waals surface area contributed by atoms with Gasteiger partial charge in [0.25, 0.3) is 0 Å². The molecular weight excluding hydrogens is 322 g/mol. The molecule has 0 amide bonds. The largest absolute Gasteiger partial charge is 0.461 e. The Morgan fingerprint density at radius 1 is 1.44 bits per heavy atom. The van der Waals surface area contributed by atoms with Crippen LogP contribution in [0.25, 0.3) is 0 Å². The fourth-order valence-corrected chi connectivity index (χ4v) is 2.14. The van der Waals surface area contributed by atoms with Crippen LogP contribution < -0.4 is 5.73 Å². The first-order valence-electron chi connectivity index (χ1n) is 5.11. The third kappa shape index (κ3) is 4.30. The lowest BCUT2D eigenvalue weighted by atomic mass is 10.1. The molecule has 0 fully saturated rings. The van der Waals surface area contributed by atoms with Crippen LogP contribution in [0.2, 0.25) is 0 Å². The van der Waals surface area contributed by atoms with Crippen LogP contribution in [0.15, 0.2) is 16.6 Å². The van der Waals surface area contributed by atoms with E-state index in [4.69, 9.17) is 10.5 Å². The molecule has 0 bridgehead atoms. The summed E-state index contributed by atoms with van der Waals surface area (Å²) in [6.07, 6.45) is 1.09. The van der Waals surface area contributed by atoms with Crippen LogP contribution in [0.4, 0.5) is 5.69 Å². The van der Waals surface area contributed by atoms with Gasteiger partial charge >= 0.3 is 5.97 Å². The summed E-state index contributed by atoms with van der Waals surface area (Å²) in [6.45, 7) is 1.54. The predicted molar refractivity (Wildman–Crippen MR) is 73.3 cm³/mol. The maximum atomic E-state index is 11.8. The number of carbonyl (C=O) groups is 1. The van der Waals surface area contributed by atoms with E-state index in [1.165, 1.54) is 0 Å². The second-order valence-corrected chi connectivity index (χ2v) is 7.11. The highest BCUT2D eigenvalue weighted by Crippen LogP contribution is 2.23. The Hall–Kier alpha value is -1.08. The summed E-state index contributed by atoms with van der Waals surface area (Å²) in [4.78, 5) is 11.8. The molecule has 0 aliphatic rings. The topological polar surface area (TPSA) is 86.5 Å². The molecule has 1 aromatic rings. The fourth-order valence-electron chi connectivity index (χ4n) is 1.28. The minimum atomic E-state index is -3.14. The number of carbonyl (C=O) groups excluding carboxylic acids is 1. The number of hydrogen-bond donors (Lipinski definition) is 1. The van der Waals surface area contributed by atoms with E-state index in [0.717, 1.165) is 6.26 Å². The summed E-state index contributed by atoms with van der Waals surface area (Å²) >= 11 is 3.23. The van der Waals surface area contributed by atoms with Crippen molar-refractivity contribution in [1.82, 2.24) is 0 Å². The first kappa shape index (κ1) is 15.0. The van der Waals surface area contributed by atoms with E-state index in [9.17, 15) is 13.2 Å². The summed E-state index contributed by atoms with van der Waals surface area (Å²) in [5.41, 5.74) is 7.14. The van der Waals surface area contributed by atoms with Crippen molar-refractivity contribution < 1.29 is 17.9 Å². The van der Waals surface area contributed by atoms with Gasteiger partial charge in [-0.1, -0.05) is 15.9 Å². The molecule has 0 aliphatic heterocycles. The number of ether oxygens (including phenoxy) is 1. The minimum Gasteiger partial charge on any atom is -0.461 e. The van der Waals surface area contributed by atoms with Crippen molar-refractivity contribution in [2.75, 3.05) is 24.3 Å². The van der Waals surface area contributed by atoms with Crippen molar-refractivity contribution >= 4 is 37.4 Å². The number of esters is 1. The Morgan fingerprint density at radius 2 is 2.06 bits per heavy atom. The van der Waals surface area contributed by atoms with E-state index >= 15 is 0 Å². The van der Waals surface area contributed by atoms with Crippen LogP contribution in [-0.2, 0) is 14.6 Å². The molecule has 7 heteroatoms. The number of nitrogen functional groups attached to an aromatic ring is 1. The van der Waals surface area contributed by atoms with E-state index in [1.807, 2.05) is 0 Å². The average Bonchev–Trinajstić information content (AvgIpc) is 2.21. The van der Waals surface area contributed by atoms with Gasteiger partial charge in [0.2, 0.25) is 0 Å². The first-order chi connectivity index (χ1) is 8.20. The normalized spacial score (nSPS) is 11.3. The smallest absolute Gasteiger partial charge is 0.338 e. The van der Waals surface area contributed by atoms with Crippen LogP contribution >= 0.6 is 15.9 Å². The van der Waals surface area contributed by atoms with E-state index in [0.29, 0.717) is 21.3 Å². The molecule has 0 radical (unpaired) electrons. The van der Waals surface area contributed by atoms with Crippen LogP contribution in [-0.4, -0.2) is 33.0 Å². The number of hydrogen-bond acceptors (Lipinski definition) is 5. The molecule has 0 saturated carbocycles. The van der Waals surface area contributed by atoms with Crippen LogP contribution in [0.5, 0.6) is 0 Å². The molecule has 0 spiro atoms. The number of nitrogens with two attached hydrogens (primary N) is 1. The summed E-state index contributed by atoms with van der Waals surface area (Å²) in [7, 11) is -3.14. The van der Waals surface area contributed by atoms with Crippen molar-refractivity contribution in [3.8, 4) is 0 Å². The molecule has 18 heavy (non-hydrogen) atoms. The third-order valence-electron chi connectivity index (χ3n) is 2.32. The van der Waals surface area contributed by atoms with Crippen molar-refractivity contribution in [1.29, 1.82) is 0 Å². The van der Waals surface area contributed by atoms with Crippen LogP contribution in [0, 0.1) is 6.92 Å². The van der Waals surface area contributed by atoms with Gasteiger partial charge in [-0.05, 0) is 24.6 Å². The minimum absolute atomic E-state index is 0.163. The molecule has 1 aromatic carbocycles. The van der Waals surface area contributed by atoms with Crippen molar-refractivity contribution in [3.63, 3.8) is 0 Å². The van der Waals surface area contributed by atoms with Gasteiger partial charge in [-0.25, -0.2) is 13.2 Å². The van der Waals surface area contributed by atoms with Crippen LogP contribution in [0.1, 0.15) is 15.9 Å². The predicted octanol–water partition coefficient (Wildman–Crippen LogP) is 1.54. The molecule has 0 aliphatic carbocycles. The van der Waals surface area contributed by atoms with Gasteiger partial charge in [-0.15, -0.1) is 0 Å². The van der Waals surface area contributed by atoms with Crippen molar-refractivity contribution in [3.05, 3.63) is 27.7 Å². The highest BCUT2D eigenvalue weighted by atomic mass is 79.9. The molecule has 0 unspecified atom stereocenters. The Labute approximate surface area is 114 Å². The monoisotopic (exact) mass is 335 g/mol. The number of halogens is 1. The molecule has 0 aromatic heterocycles. The van der Waals surface area contributed by atoms with Gasteiger partial charge in [-0.2, -0.15) is 0 Å². The Bertz CT molecular complexity index is 569. The quantitative estimate of drug-likeness (QED) is 0.666. The Kier molecular flexibility index (Phi) is 4.75. The van der Waals surface area contributed by atoms with E-state index in [-0.39, 0.29) is 12.4 Å². The average molecular weight is 336 g/mol. The zero-order valence-electron chi connectivity index (χ0n) is 10.1. The SMILES string of the molecule is Cc1c(N)cc(Br)cc1C(=O)OCCS(C)(=O)=O. The maximum absolute atomic E-state index is 11.8. The second kappa shape index (κ2) is 5.71. The standard InChI is InChI=1S/C11H14BrNO4S/c1-7-9(5-8(12)6-10(7)13)11(14)17-3-4-18(2,15)16/h5-6H,3-4,13H2,1-2H3. The van der Waals surface area contributed by atoms with Gasteiger partial charge in [0, 0.05) is 16.4 Å². The Balaban J connectivity index is 2.79. The van der Waals surface area contributed by atoms with Gasteiger partial charge in [-0.3, -0.25) is 0 Å². The highest BCUT2D eigenvalue weighted by Gasteiger charge is 2.14. The molecule has 0 atom stereocenters. The van der Waals surface area contributed by atoms with Gasteiger partial charge in [0.15, 0.2) is 9.84 Å². The molecule has 2 N–H and O–H groups in total. The first-order valence-corrected chi connectivity index (χ1v) is 7.96. The van der Waals surface area contributed by atoms with Crippen LogP contribution in [0.3, 0.4) is 0 Å². The third-order valence-corrected chi connectivity index (χ3v) is 3.69. The lowest BCUT2D eigenvalue weighted by Gasteiger charge is -2.09. The molecule has 100 valence electrons. The Morgan fingerprint density at radius 3 is 2.61 bits per heavy atom. The molecule has 5 nitrogen and oxygen atoms in total. The molecule has 0 heterocycles. The van der Waals surface area contributed by atoms with E-state index < -0.39 is 15.8 Å². The van der Waals surface area contributed by atoms with Gasteiger partial charge in [0.05, 0.1) is 11.3 Å². The number of rotatable bonds is 4. The molecule has 0 saturated heterocycles. The molecular formula is C11H14BrNO4S.